The number of halogens is 3. The standard InChI is InChI=1S/C16H18F3NO/c17-16(18,19)12-6-4-10(5-7-12)15(21)11-8-13-2-1-3-14(9-11)20-13/h4-7,11,13-14,20H,1-3,8-9H2. The third-order valence-corrected chi connectivity index (χ3v) is 4.58. The highest BCUT2D eigenvalue weighted by atomic mass is 19.4. The highest BCUT2D eigenvalue weighted by Crippen LogP contribution is 2.33. The largest absolute Gasteiger partial charge is 0.416 e. The number of carbonyl (C=O) groups is 1. The Morgan fingerprint density at radius 2 is 1.62 bits per heavy atom. The second-order valence-electron chi connectivity index (χ2n) is 6.10. The molecule has 2 bridgehead atoms. The number of Topliss-reactive ketones (excluding diaryl/α,β-unsaturated/α-hetero) is 1. The summed E-state index contributed by atoms with van der Waals surface area (Å²) in [6.45, 7) is 0. The molecule has 2 heterocycles. The van der Waals surface area contributed by atoms with Crippen molar-refractivity contribution >= 4 is 5.78 Å². The van der Waals surface area contributed by atoms with Crippen molar-refractivity contribution in [2.75, 3.05) is 0 Å². The molecule has 0 aliphatic carbocycles. The van der Waals surface area contributed by atoms with Crippen molar-refractivity contribution in [1.82, 2.24) is 5.32 Å². The van der Waals surface area contributed by atoms with E-state index in [1.54, 1.807) is 0 Å². The van der Waals surface area contributed by atoms with Crippen LogP contribution in [0.25, 0.3) is 0 Å². The molecule has 0 aromatic heterocycles. The van der Waals surface area contributed by atoms with E-state index in [1.807, 2.05) is 0 Å². The SMILES string of the molecule is O=C(c1ccc(C(F)(F)F)cc1)C1CC2CCCC(C1)N2. The minimum absolute atomic E-state index is 0.0119. The number of fused-ring (bicyclic) bond motifs is 2. The molecular weight excluding hydrogens is 279 g/mol. The highest BCUT2D eigenvalue weighted by Gasteiger charge is 2.35. The maximum atomic E-state index is 12.5. The lowest BCUT2D eigenvalue weighted by molar-refractivity contribution is -0.137. The third-order valence-electron chi connectivity index (χ3n) is 4.58. The fraction of sp³-hybridized carbons (Fsp3) is 0.562. The zero-order chi connectivity index (χ0) is 15.0. The molecule has 0 radical (unpaired) electrons. The number of nitrogens with one attached hydrogen (secondary N) is 1. The van der Waals surface area contributed by atoms with Crippen LogP contribution in [0.1, 0.15) is 48.0 Å². The normalized spacial score (nSPS) is 29.2. The van der Waals surface area contributed by atoms with Gasteiger partial charge in [0.05, 0.1) is 5.56 Å². The summed E-state index contributed by atoms with van der Waals surface area (Å²) in [6, 6.07) is 5.39. The number of hydrogen-bond acceptors (Lipinski definition) is 2. The van der Waals surface area contributed by atoms with Crippen LogP contribution in [0.4, 0.5) is 13.2 Å². The van der Waals surface area contributed by atoms with Crippen LogP contribution in [0.3, 0.4) is 0 Å². The van der Waals surface area contributed by atoms with E-state index in [-0.39, 0.29) is 11.7 Å². The van der Waals surface area contributed by atoms with Crippen LogP contribution in [0.15, 0.2) is 24.3 Å². The van der Waals surface area contributed by atoms with Crippen molar-refractivity contribution in [1.29, 1.82) is 0 Å². The van der Waals surface area contributed by atoms with Crippen LogP contribution in [0.2, 0.25) is 0 Å². The Morgan fingerprint density at radius 3 is 2.14 bits per heavy atom. The monoisotopic (exact) mass is 297 g/mol. The quantitative estimate of drug-likeness (QED) is 0.841. The summed E-state index contributed by atoms with van der Waals surface area (Å²) in [5.41, 5.74) is -0.311. The summed E-state index contributed by atoms with van der Waals surface area (Å²) in [6.07, 6.45) is 0.629. The Kier molecular flexibility index (Phi) is 3.78. The van der Waals surface area contributed by atoms with Crippen LogP contribution >= 0.6 is 0 Å². The van der Waals surface area contributed by atoms with Crippen LogP contribution in [0, 0.1) is 5.92 Å². The Hall–Kier alpha value is -1.36. The van der Waals surface area contributed by atoms with E-state index in [0.717, 1.165) is 37.8 Å². The molecule has 0 amide bonds. The summed E-state index contributed by atoms with van der Waals surface area (Å²) in [5, 5.41) is 3.52. The van der Waals surface area contributed by atoms with Crippen LogP contribution in [-0.4, -0.2) is 17.9 Å². The molecule has 114 valence electrons. The maximum Gasteiger partial charge on any atom is 0.416 e. The smallest absolute Gasteiger partial charge is 0.311 e. The Balaban J connectivity index is 1.73. The summed E-state index contributed by atoms with van der Waals surface area (Å²) in [5.74, 6) is -0.0691. The van der Waals surface area contributed by atoms with Crippen molar-refractivity contribution in [2.24, 2.45) is 5.92 Å². The molecule has 0 saturated carbocycles. The zero-order valence-electron chi connectivity index (χ0n) is 11.6. The number of rotatable bonds is 2. The van der Waals surface area contributed by atoms with Crippen LogP contribution < -0.4 is 5.32 Å². The van der Waals surface area contributed by atoms with Crippen molar-refractivity contribution in [2.45, 2.75) is 50.4 Å². The van der Waals surface area contributed by atoms with Gasteiger partial charge < -0.3 is 5.32 Å². The maximum absolute atomic E-state index is 12.5. The Labute approximate surface area is 121 Å². The molecule has 21 heavy (non-hydrogen) atoms. The lowest BCUT2D eigenvalue weighted by Crippen LogP contribution is -2.50. The summed E-state index contributed by atoms with van der Waals surface area (Å²) in [4.78, 5) is 12.5. The first kappa shape index (κ1) is 14.6. The van der Waals surface area contributed by atoms with E-state index in [4.69, 9.17) is 0 Å². The first-order chi connectivity index (χ1) is 9.93. The minimum atomic E-state index is -4.35. The number of benzene rings is 1. The molecule has 2 atom stereocenters. The average molecular weight is 297 g/mol. The number of piperidine rings is 2. The van der Waals surface area contributed by atoms with Crippen LogP contribution in [-0.2, 0) is 6.18 Å². The van der Waals surface area contributed by atoms with E-state index < -0.39 is 11.7 Å². The molecular formula is C16H18F3NO. The van der Waals surface area contributed by atoms with Gasteiger partial charge in [-0.15, -0.1) is 0 Å². The number of alkyl halides is 3. The lowest BCUT2D eigenvalue weighted by Gasteiger charge is -2.39. The molecule has 2 saturated heterocycles. The molecule has 2 nitrogen and oxygen atoms in total. The molecule has 2 unspecified atom stereocenters. The van der Waals surface area contributed by atoms with Gasteiger partial charge in [0, 0.05) is 23.6 Å². The van der Waals surface area contributed by atoms with Gasteiger partial charge in [0.15, 0.2) is 5.78 Å². The summed E-state index contributed by atoms with van der Waals surface area (Å²) >= 11 is 0. The van der Waals surface area contributed by atoms with Gasteiger partial charge in [-0.25, -0.2) is 0 Å². The van der Waals surface area contributed by atoms with Crippen molar-refractivity contribution in [3.05, 3.63) is 35.4 Å². The highest BCUT2D eigenvalue weighted by molar-refractivity contribution is 5.98. The second-order valence-corrected chi connectivity index (χ2v) is 6.10. The van der Waals surface area contributed by atoms with Gasteiger partial charge in [-0.05, 0) is 37.8 Å². The number of hydrogen-bond donors (Lipinski definition) is 1. The summed E-state index contributed by atoms with van der Waals surface area (Å²) in [7, 11) is 0. The van der Waals surface area contributed by atoms with E-state index in [9.17, 15) is 18.0 Å². The van der Waals surface area contributed by atoms with Gasteiger partial charge in [0.1, 0.15) is 0 Å². The van der Waals surface area contributed by atoms with E-state index in [1.165, 1.54) is 18.6 Å². The molecule has 2 fully saturated rings. The molecule has 2 aliphatic rings. The predicted molar refractivity (Wildman–Crippen MR) is 73.1 cm³/mol. The van der Waals surface area contributed by atoms with Gasteiger partial charge in [-0.2, -0.15) is 13.2 Å². The molecule has 1 aromatic rings. The molecule has 2 aliphatic heterocycles. The third kappa shape index (κ3) is 3.12. The van der Waals surface area contributed by atoms with E-state index in [2.05, 4.69) is 5.32 Å². The van der Waals surface area contributed by atoms with Crippen molar-refractivity contribution in [3.63, 3.8) is 0 Å². The van der Waals surface area contributed by atoms with Gasteiger partial charge >= 0.3 is 6.18 Å². The fourth-order valence-corrected chi connectivity index (χ4v) is 3.54. The second kappa shape index (κ2) is 5.44. The van der Waals surface area contributed by atoms with Gasteiger partial charge in [0.2, 0.25) is 0 Å². The number of carbonyl (C=O) groups excluding carboxylic acids is 1. The molecule has 0 spiro atoms. The first-order valence-electron chi connectivity index (χ1n) is 7.41. The average Bonchev–Trinajstić information content (AvgIpc) is 2.45. The topological polar surface area (TPSA) is 29.1 Å². The zero-order valence-corrected chi connectivity index (χ0v) is 11.6. The molecule has 1 N–H and O–H groups in total. The molecule has 5 heteroatoms. The Bertz CT molecular complexity index is 511. The van der Waals surface area contributed by atoms with E-state index >= 15 is 0 Å². The van der Waals surface area contributed by atoms with Crippen molar-refractivity contribution < 1.29 is 18.0 Å². The van der Waals surface area contributed by atoms with Gasteiger partial charge in [-0.1, -0.05) is 18.6 Å². The molecule has 1 aromatic carbocycles. The number of ketones is 1. The summed E-state index contributed by atoms with van der Waals surface area (Å²) < 4.78 is 37.6. The van der Waals surface area contributed by atoms with Gasteiger partial charge in [0.25, 0.3) is 0 Å². The fourth-order valence-electron chi connectivity index (χ4n) is 3.54. The van der Waals surface area contributed by atoms with Crippen molar-refractivity contribution in [3.8, 4) is 0 Å². The Morgan fingerprint density at radius 1 is 1.05 bits per heavy atom. The predicted octanol–water partition coefficient (Wildman–Crippen LogP) is 3.81. The lowest BCUT2D eigenvalue weighted by atomic mass is 9.77. The van der Waals surface area contributed by atoms with Crippen LogP contribution in [0.5, 0.6) is 0 Å². The molecule has 3 rings (SSSR count). The first-order valence-corrected chi connectivity index (χ1v) is 7.41. The minimum Gasteiger partial charge on any atom is -0.311 e. The van der Waals surface area contributed by atoms with Gasteiger partial charge in [-0.3, -0.25) is 4.79 Å². The van der Waals surface area contributed by atoms with E-state index in [0.29, 0.717) is 17.6 Å².